The summed E-state index contributed by atoms with van der Waals surface area (Å²) in [5.74, 6) is -0.661. The van der Waals surface area contributed by atoms with E-state index in [1.165, 1.54) is 17.0 Å². The SMILES string of the molecule is CC[N+]1(C)CCc2c(sc(CC(=O)Cc3ccc4cc(F)ccc4c3)c2C(N)=O)C1.[I-]. The topological polar surface area (TPSA) is 60.2 Å². The molecule has 1 amide bonds. The van der Waals surface area contributed by atoms with E-state index in [0.29, 0.717) is 5.56 Å². The van der Waals surface area contributed by atoms with Crippen LogP contribution in [0.15, 0.2) is 36.4 Å². The molecule has 31 heavy (non-hydrogen) atoms. The molecule has 4 rings (SSSR count). The van der Waals surface area contributed by atoms with Gasteiger partial charge in [0.25, 0.3) is 0 Å². The normalized spacial score (nSPS) is 17.8. The van der Waals surface area contributed by atoms with Gasteiger partial charge < -0.3 is 34.2 Å². The second kappa shape index (κ2) is 9.34. The number of ketones is 1. The number of rotatable bonds is 6. The Morgan fingerprint density at radius 1 is 1.13 bits per heavy atom. The summed E-state index contributed by atoms with van der Waals surface area (Å²) in [6, 6.07) is 10.2. The quantitative estimate of drug-likeness (QED) is 0.367. The van der Waals surface area contributed by atoms with Gasteiger partial charge >= 0.3 is 0 Å². The Bertz CT molecular complexity index is 1160. The van der Waals surface area contributed by atoms with Crippen molar-refractivity contribution in [2.75, 3.05) is 20.1 Å². The van der Waals surface area contributed by atoms with Crippen molar-refractivity contribution >= 4 is 33.8 Å². The van der Waals surface area contributed by atoms with Crippen molar-refractivity contribution < 1.29 is 42.4 Å². The molecule has 0 aliphatic carbocycles. The molecule has 0 spiro atoms. The van der Waals surface area contributed by atoms with Crippen LogP contribution in [-0.2, 0) is 30.6 Å². The molecule has 1 atom stereocenters. The van der Waals surface area contributed by atoms with Crippen LogP contribution in [0, 0.1) is 5.82 Å². The van der Waals surface area contributed by atoms with Gasteiger partial charge in [0, 0.05) is 24.1 Å². The van der Waals surface area contributed by atoms with Crippen molar-refractivity contribution in [2.24, 2.45) is 5.73 Å². The van der Waals surface area contributed by atoms with Gasteiger partial charge in [0.1, 0.15) is 18.1 Å². The molecular weight excluding hydrogens is 526 g/mol. The van der Waals surface area contributed by atoms with Crippen LogP contribution in [0.4, 0.5) is 4.39 Å². The van der Waals surface area contributed by atoms with Gasteiger partial charge in [0.15, 0.2) is 0 Å². The first-order valence-corrected chi connectivity index (χ1v) is 11.1. The van der Waals surface area contributed by atoms with E-state index < -0.39 is 5.91 Å². The molecule has 0 radical (unpaired) electrons. The van der Waals surface area contributed by atoms with Gasteiger partial charge in [-0.25, -0.2) is 4.39 Å². The maximum absolute atomic E-state index is 13.4. The van der Waals surface area contributed by atoms with Gasteiger partial charge in [-0.3, -0.25) is 9.59 Å². The average Bonchev–Trinajstić information content (AvgIpc) is 3.04. The van der Waals surface area contributed by atoms with Crippen LogP contribution < -0.4 is 29.7 Å². The Balaban J connectivity index is 0.00000272. The van der Waals surface area contributed by atoms with Gasteiger partial charge in [-0.05, 0) is 41.0 Å². The monoisotopic (exact) mass is 552 g/mol. The number of Topliss-reactive ketones (excluding diaryl/α,β-unsaturated/α-hetero) is 1. The van der Waals surface area contributed by atoms with Crippen LogP contribution >= 0.6 is 11.3 Å². The van der Waals surface area contributed by atoms with Crippen LogP contribution in [0.25, 0.3) is 10.8 Å². The summed E-state index contributed by atoms with van der Waals surface area (Å²) >= 11 is 1.57. The summed E-state index contributed by atoms with van der Waals surface area (Å²) < 4.78 is 14.3. The number of nitrogens with two attached hydrogens (primary N) is 1. The van der Waals surface area contributed by atoms with E-state index in [2.05, 4.69) is 14.0 Å². The van der Waals surface area contributed by atoms with Crippen LogP contribution in [-0.4, -0.2) is 36.3 Å². The van der Waals surface area contributed by atoms with Gasteiger partial charge in [-0.1, -0.05) is 24.3 Å². The van der Waals surface area contributed by atoms with Crippen LogP contribution in [0.3, 0.4) is 0 Å². The largest absolute Gasteiger partial charge is 1.00 e. The fourth-order valence-corrected chi connectivity index (χ4v) is 5.85. The zero-order valence-corrected chi connectivity index (χ0v) is 20.7. The molecule has 2 aromatic carbocycles. The summed E-state index contributed by atoms with van der Waals surface area (Å²) in [4.78, 5) is 27.0. The Labute approximate surface area is 202 Å². The first-order chi connectivity index (χ1) is 14.3. The third kappa shape index (κ3) is 4.99. The molecule has 1 aliphatic rings. The number of halogens is 2. The fourth-order valence-electron chi connectivity index (χ4n) is 4.29. The molecule has 1 unspecified atom stereocenters. The van der Waals surface area contributed by atoms with E-state index in [9.17, 15) is 14.0 Å². The molecule has 164 valence electrons. The predicted octanol–water partition coefficient (Wildman–Crippen LogP) is 1.02. The Morgan fingerprint density at radius 2 is 1.84 bits per heavy atom. The van der Waals surface area contributed by atoms with Crippen molar-refractivity contribution in [3.8, 4) is 0 Å². The van der Waals surface area contributed by atoms with E-state index >= 15 is 0 Å². The highest BCUT2D eigenvalue weighted by molar-refractivity contribution is 7.12. The van der Waals surface area contributed by atoms with Gasteiger partial charge in [0.05, 0.1) is 30.6 Å². The first kappa shape index (κ1) is 23.8. The molecular formula is C24H26FIN2O2S. The lowest BCUT2D eigenvalue weighted by Gasteiger charge is -2.36. The molecule has 0 saturated carbocycles. The number of amides is 1. The highest BCUT2D eigenvalue weighted by Gasteiger charge is 2.33. The maximum atomic E-state index is 13.4. The summed E-state index contributed by atoms with van der Waals surface area (Å²) in [5, 5.41) is 1.72. The summed E-state index contributed by atoms with van der Waals surface area (Å²) in [6.07, 6.45) is 1.31. The van der Waals surface area contributed by atoms with Crippen molar-refractivity contribution in [2.45, 2.75) is 32.7 Å². The third-order valence-electron chi connectivity index (χ3n) is 6.23. The number of thiophene rings is 1. The van der Waals surface area contributed by atoms with E-state index in [4.69, 9.17) is 5.73 Å². The molecule has 1 aromatic heterocycles. The smallest absolute Gasteiger partial charge is 0.250 e. The first-order valence-electron chi connectivity index (χ1n) is 10.2. The van der Waals surface area contributed by atoms with Crippen LogP contribution in [0.1, 0.15) is 38.2 Å². The van der Waals surface area contributed by atoms with Gasteiger partial charge in [-0.15, -0.1) is 11.3 Å². The van der Waals surface area contributed by atoms with Crippen LogP contribution in [0.5, 0.6) is 0 Å². The fraction of sp³-hybridized carbons (Fsp3) is 0.333. The Kier molecular flexibility index (Phi) is 7.18. The zero-order chi connectivity index (χ0) is 21.5. The average molecular weight is 552 g/mol. The minimum Gasteiger partial charge on any atom is -1.00 e. The molecule has 3 aromatic rings. The molecule has 0 fully saturated rings. The highest BCUT2D eigenvalue weighted by atomic mass is 127. The molecule has 2 heterocycles. The zero-order valence-electron chi connectivity index (χ0n) is 17.7. The molecule has 4 nitrogen and oxygen atoms in total. The minimum absolute atomic E-state index is 0. The molecule has 1 aliphatic heterocycles. The number of primary amides is 1. The lowest BCUT2D eigenvalue weighted by atomic mass is 9.97. The third-order valence-corrected chi connectivity index (χ3v) is 7.44. The number of nitrogens with zero attached hydrogens (tertiary/aromatic N) is 1. The second-order valence-electron chi connectivity index (χ2n) is 8.45. The number of carbonyl (C=O) groups excluding carboxylic acids is 2. The molecule has 7 heteroatoms. The highest BCUT2D eigenvalue weighted by Crippen LogP contribution is 2.35. The number of quaternary nitrogens is 1. The predicted molar refractivity (Wildman–Crippen MR) is 118 cm³/mol. The van der Waals surface area contributed by atoms with E-state index in [0.717, 1.165) is 57.3 Å². The van der Waals surface area contributed by atoms with Gasteiger partial charge in [-0.2, -0.15) is 0 Å². The van der Waals surface area contributed by atoms with Gasteiger partial charge in [0.2, 0.25) is 5.91 Å². The van der Waals surface area contributed by atoms with Crippen molar-refractivity contribution in [1.29, 1.82) is 0 Å². The van der Waals surface area contributed by atoms with E-state index in [-0.39, 0.29) is 48.4 Å². The lowest BCUT2D eigenvalue weighted by Crippen LogP contribution is -3.00. The Morgan fingerprint density at radius 3 is 2.55 bits per heavy atom. The van der Waals surface area contributed by atoms with E-state index in [1.807, 2.05) is 18.2 Å². The number of likely N-dealkylation sites (N-methyl/N-ethyl adjacent to an activating group) is 1. The number of hydrogen-bond donors (Lipinski definition) is 1. The van der Waals surface area contributed by atoms with Crippen molar-refractivity contribution in [1.82, 2.24) is 0 Å². The minimum atomic E-state index is -0.435. The summed E-state index contributed by atoms with van der Waals surface area (Å²) in [6.45, 7) is 5.07. The molecule has 0 bridgehead atoms. The van der Waals surface area contributed by atoms with E-state index in [1.54, 1.807) is 17.4 Å². The molecule has 0 saturated heterocycles. The number of hydrogen-bond acceptors (Lipinski definition) is 3. The summed E-state index contributed by atoms with van der Waals surface area (Å²) in [5.41, 5.74) is 8.21. The lowest BCUT2D eigenvalue weighted by molar-refractivity contribution is -0.922. The van der Waals surface area contributed by atoms with Crippen LogP contribution in [0.2, 0.25) is 0 Å². The number of fused-ring (bicyclic) bond motifs is 2. The standard InChI is InChI=1S/C24H25FN2O2S.HI/c1-3-27(2)9-8-20-22(14-27)30-21(23(20)24(26)29)13-19(28)11-15-4-5-17-12-18(25)7-6-16(17)10-15;/h4-7,10,12H,3,8-9,11,13-14H2,1-2H3,(H-,26,29);1H. The molecule has 2 N–H and O–H groups in total. The summed E-state index contributed by atoms with van der Waals surface area (Å²) in [7, 11) is 2.23. The van der Waals surface area contributed by atoms with Crippen molar-refractivity contribution in [3.63, 3.8) is 0 Å². The number of carbonyl (C=O) groups is 2. The maximum Gasteiger partial charge on any atom is 0.250 e. The second-order valence-corrected chi connectivity index (χ2v) is 9.64. The van der Waals surface area contributed by atoms with Crippen molar-refractivity contribution in [3.05, 3.63) is 68.7 Å². The number of benzene rings is 2. The Hall–Kier alpha value is -1.84.